The molecule has 0 radical (unpaired) electrons. The Balaban J connectivity index is 2.25. The van der Waals surface area contributed by atoms with Crippen LogP contribution in [0.15, 0.2) is 53.4 Å². The molecule has 2 aromatic carbocycles. The van der Waals surface area contributed by atoms with Crippen molar-refractivity contribution in [3.8, 4) is 6.07 Å². The summed E-state index contributed by atoms with van der Waals surface area (Å²) in [5.74, 6) is 0. The fraction of sp³-hybridized carbons (Fsp3) is 0.133. The van der Waals surface area contributed by atoms with Crippen molar-refractivity contribution >= 4 is 10.0 Å². The maximum absolute atomic E-state index is 12.2. The van der Waals surface area contributed by atoms with Gasteiger partial charge >= 0.3 is 0 Å². The Bertz CT molecular complexity index is 761. The minimum atomic E-state index is -3.69. The molecule has 20 heavy (non-hydrogen) atoms. The first kappa shape index (κ1) is 14.3. The third-order valence-electron chi connectivity index (χ3n) is 3.01. The van der Waals surface area contributed by atoms with Crippen LogP contribution in [0.4, 0.5) is 0 Å². The van der Waals surface area contributed by atoms with Gasteiger partial charge in [-0.15, -0.1) is 0 Å². The lowest BCUT2D eigenvalue weighted by Crippen LogP contribution is -2.24. The highest BCUT2D eigenvalue weighted by Gasteiger charge is 2.17. The first-order valence-corrected chi connectivity index (χ1v) is 7.56. The van der Waals surface area contributed by atoms with Crippen molar-refractivity contribution in [3.63, 3.8) is 0 Å². The molecule has 0 aliphatic carbocycles. The van der Waals surface area contributed by atoms with E-state index in [2.05, 4.69) is 4.72 Å². The maximum Gasteiger partial charge on any atom is 0.242 e. The van der Waals surface area contributed by atoms with Crippen LogP contribution in [0.2, 0.25) is 0 Å². The van der Waals surface area contributed by atoms with Gasteiger partial charge in [0.2, 0.25) is 10.0 Å². The molecule has 5 heteroatoms. The van der Waals surface area contributed by atoms with E-state index in [0.29, 0.717) is 0 Å². The molecule has 0 saturated carbocycles. The second-order valence-corrected chi connectivity index (χ2v) is 6.09. The Morgan fingerprint density at radius 1 is 1.10 bits per heavy atom. The predicted octanol–water partition coefficient (Wildman–Crippen LogP) is 2.35. The summed E-state index contributed by atoms with van der Waals surface area (Å²) in [5, 5.41) is 8.97. The molecular formula is C15H14N2O2S. The molecule has 0 heterocycles. The van der Waals surface area contributed by atoms with Crippen LogP contribution in [0, 0.1) is 18.3 Å². The Morgan fingerprint density at radius 3 is 2.45 bits per heavy atom. The van der Waals surface area contributed by atoms with Gasteiger partial charge in [0, 0.05) is 6.54 Å². The van der Waals surface area contributed by atoms with Crippen molar-refractivity contribution in [3.05, 3.63) is 65.2 Å². The van der Waals surface area contributed by atoms with Gasteiger partial charge in [-0.05, 0) is 30.2 Å². The van der Waals surface area contributed by atoms with Crippen LogP contribution in [-0.4, -0.2) is 8.42 Å². The van der Waals surface area contributed by atoms with Crippen LogP contribution in [0.25, 0.3) is 0 Å². The Hall–Kier alpha value is -2.16. The molecule has 0 spiro atoms. The zero-order valence-corrected chi connectivity index (χ0v) is 11.8. The highest BCUT2D eigenvalue weighted by molar-refractivity contribution is 7.89. The summed E-state index contributed by atoms with van der Waals surface area (Å²) in [7, 11) is -3.69. The van der Waals surface area contributed by atoms with E-state index in [0.717, 1.165) is 11.1 Å². The molecule has 0 amide bonds. The van der Waals surface area contributed by atoms with Crippen molar-refractivity contribution in [1.82, 2.24) is 4.72 Å². The van der Waals surface area contributed by atoms with E-state index in [9.17, 15) is 8.42 Å². The minimum absolute atomic E-state index is 0.0103. The van der Waals surface area contributed by atoms with Crippen LogP contribution in [0.5, 0.6) is 0 Å². The molecule has 0 aliphatic heterocycles. The van der Waals surface area contributed by atoms with Gasteiger partial charge in [0.1, 0.15) is 6.07 Å². The maximum atomic E-state index is 12.2. The molecule has 102 valence electrons. The number of sulfonamides is 1. The smallest absolute Gasteiger partial charge is 0.207 e. The molecule has 2 rings (SSSR count). The monoisotopic (exact) mass is 286 g/mol. The number of aryl methyl sites for hydroxylation is 1. The summed E-state index contributed by atoms with van der Waals surface area (Å²) in [4.78, 5) is 0.0103. The number of rotatable bonds is 4. The van der Waals surface area contributed by atoms with Crippen LogP contribution in [0.1, 0.15) is 16.7 Å². The van der Waals surface area contributed by atoms with Crippen LogP contribution in [-0.2, 0) is 16.6 Å². The van der Waals surface area contributed by atoms with E-state index >= 15 is 0 Å². The molecule has 0 saturated heterocycles. The van der Waals surface area contributed by atoms with E-state index in [4.69, 9.17) is 5.26 Å². The summed E-state index contributed by atoms with van der Waals surface area (Å²) >= 11 is 0. The largest absolute Gasteiger partial charge is 0.242 e. The van der Waals surface area contributed by atoms with Crippen molar-refractivity contribution in [2.24, 2.45) is 0 Å². The van der Waals surface area contributed by atoms with E-state index in [1.807, 2.05) is 37.3 Å². The van der Waals surface area contributed by atoms with Crippen LogP contribution in [0.3, 0.4) is 0 Å². The molecule has 0 unspecified atom stereocenters. The van der Waals surface area contributed by atoms with Gasteiger partial charge in [0.25, 0.3) is 0 Å². The molecular weight excluding hydrogens is 272 g/mol. The summed E-state index contributed by atoms with van der Waals surface area (Å²) in [6.07, 6.45) is 0. The number of nitriles is 1. The van der Waals surface area contributed by atoms with E-state index in [1.165, 1.54) is 12.1 Å². The summed E-state index contributed by atoms with van der Waals surface area (Å²) < 4.78 is 27.0. The lowest BCUT2D eigenvalue weighted by Gasteiger charge is -2.09. The molecule has 1 N–H and O–H groups in total. The zero-order chi connectivity index (χ0) is 14.6. The second kappa shape index (κ2) is 5.87. The molecule has 4 nitrogen and oxygen atoms in total. The SMILES string of the molecule is Cc1ccccc1CNS(=O)(=O)c1ccccc1C#N. The van der Waals surface area contributed by atoms with Gasteiger partial charge in [-0.25, -0.2) is 13.1 Å². The lowest BCUT2D eigenvalue weighted by molar-refractivity contribution is 0.581. The first-order valence-electron chi connectivity index (χ1n) is 6.08. The first-order chi connectivity index (χ1) is 9.54. The van der Waals surface area contributed by atoms with E-state index in [-0.39, 0.29) is 17.0 Å². The minimum Gasteiger partial charge on any atom is -0.207 e. The summed E-state index contributed by atoms with van der Waals surface area (Å²) in [6.45, 7) is 2.13. The van der Waals surface area contributed by atoms with E-state index < -0.39 is 10.0 Å². The average Bonchev–Trinajstić information content (AvgIpc) is 2.46. The highest BCUT2D eigenvalue weighted by atomic mass is 32.2. The van der Waals surface area contributed by atoms with Gasteiger partial charge in [0.05, 0.1) is 10.5 Å². The standard InChI is InChI=1S/C15H14N2O2S/c1-12-6-2-3-8-14(12)11-17-20(18,19)15-9-5-4-7-13(15)10-16/h2-9,17H,11H2,1H3. The predicted molar refractivity (Wildman–Crippen MR) is 76.4 cm³/mol. The van der Waals surface area contributed by atoms with Gasteiger partial charge in [-0.1, -0.05) is 36.4 Å². The van der Waals surface area contributed by atoms with Crippen molar-refractivity contribution < 1.29 is 8.42 Å². The zero-order valence-electron chi connectivity index (χ0n) is 11.0. The van der Waals surface area contributed by atoms with Gasteiger partial charge < -0.3 is 0 Å². The van der Waals surface area contributed by atoms with E-state index in [1.54, 1.807) is 12.1 Å². The number of nitrogens with one attached hydrogen (secondary N) is 1. The van der Waals surface area contributed by atoms with Gasteiger partial charge in [-0.2, -0.15) is 5.26 Å². The Kier molecular flexibility index (Phi) is 4.18. The van der Waals surface area contributed by atoms with Crippen molar-refractivity contribution in [2.45, 2.75) is 18.4 Å². The average molecular weight is 286 g/mol. The number of hydrogen-bond donors (Lipinski definition) is 1. The molecule has 0 aliphatic rings. The van der Waals surface area contributed by atoms with Crippen molar-refractivity contribution in [2.75, 3.05) is 0 Å². The normalized spacial score (nSPS) is 11.0. The number of nitrogens with zero attached hydrogens (tertiary/aromatic N) is 1. The summed E-state index contributed by atoms with van der Waals surface area (Å²) in [6, 6.07) is 15.6. The summed E-state index contributed by atoms with van der Waals surface area (Å²) in [5.41, 5.74) is 2.07. The number of hydrogen-bond acceptors (Lipinski definition) is 3. The van der Waals surface area contributed by atoms with Gasteiger partial charge in [0.15, 0.2) is 0 Å². The topological polar surface area (TPSA) is 70.0 Å². The highest BCUT2D eigenvalue weighted by Crippen LogP contribution is 2.15. The fourth-order valence-electron chi connectivity index (χ4n) is 1.85. The fourth-order valence-corrected chi connectivity index (χ4v) is 3.01. The Labute approximate surface area is 118 Å². The molecule has 0 aromatic heterocycles. The second-order valence-electron chi connectivity index (χ2n) is 4.36. The Morgan fingerprint density at radius 2 is 1.75 bits per heavy atom. The molecule has 0 bridgehead atoms. The van der Waals surface area contributed by atoms with Crippen LogP contribution >= 0.6 is 0 Å². The van der Waals surface area contributed by atoms with Gasteiger partial charge in [-0.3, -0.25) is 0 Å². The molecule has 2 aromatic rings. The molecule has 0 fully saturated rings. The lowest BCUT2D eigenvalue weighted by atomic mass is 10.1. The van der Waals surface area contributed by atoms with Crippen molar-refractivity contribution in [1.29, 1.82) is 5.26 Å². The quantitative estimate of drug-likeness (QED) is 0.938. The molecule has 0 atom stereocenters. The van der Waals surface area contributed by atoms with Crippen LogP contribution < -0.4 is 4.72 Å². The third kappa shape index (κ3) is 3.05. The number of benzene rings is 2. The third-order valence-corrected chi connectivity index (χ3v) is 4.47.